The SMILES string of the molecule is O=C(COC(=O)c1ccc(Br)c([N+](=O)[O-])c1)c1c[nH]c(C(=O)N2CCCC2)c1. The molecule has 2 aromatic rings. The number of amides is 1. The standard InChI is InChI=1S/C18H16BrN3O6/c19-13-4-3-11(8-15(13)22(26)27)18(25)28-10-16(23)12-7-14(20-9-12)17(24)21-5-1-2-6-21/h3-4,7-9,20H,1-2,5-6,10H2. The van der Waals surface area contributed by atoms with Crippen LogP contribution >= 0.6 is 15.9 Å². The maximum Gasteiger partial charge on any atom is 0.338 e. The van der Waals surface area contributed by atoms with Gasteiger partial charge in [0.05, 0.1) is 15.0 Å². The Balaban J connectivity index is 1.61. The Morgan fingerprint density at radius 1 is 1.18 bits per heavy atom. The number of esters is 1. The van der Waals surface area contributed by atoms with Gasteiger partial charge in [-0.3, -0.25) is 19.7 Å². The normalized spacial score (nSPS) is 13.4. The Labute approximate surface area is 167 Å². The highest BCUT2D eigenvalue weighted by Gasteiger charge is 2.22. The van der Waals surface area contributed by atoms with E-state index >= 15 is 0 Å². The fraction of sp³-hybridized carbons (Fsp3) is 0.278. The molecule has 3 rings (SSSR count). The van der Waals surface area contributed by atoms with E-state index in [-0.39, 0.29) is 27.2 Å². The summed E-state index contributed by atoms with van der Waals surface area (Å²) < 4.78 is 5.18. The average molecular weight is 450 g/mol. The van der Waals surface area contributed by atoms with Crippen LogP contribution in [0.3, 0.4) is 0 Å². The van der Waals surface area contributed by atoms with Gasteiger partial charge >= 0.3 is 5.97 Å². The van der Waals surface area contributed by atoms with Crippen LogP contribution < -0.4 is 0 Å². The number of H-pyrrole nitrogens is 1. The van der Waals surface area contributed by atoms with Crippen LogP contribution in [0.5, 0.6) is 0 Å². The summed E-state index contributed by atoms with van der Waals surface area (Å²) in [5, 5.41) is 10.9. The highest BCUT2D eigenvalue weighted by atomic mass is 79.9. The van der Waals surface area contributed by atoms with E-state index < -0.39 is 23.3 Å². The van der Waals surface area contributed by atoms with Crippen LogP contribution in [0.1, 0.15) is 44.0 Å². The number of ether oxygens (including phenoxy) is 1. The Morgan fingerprint density at radius 2 is 1.89 bits per heavy atom. The molecule has 0 saturated carbocycles. The molecule has 1 saturated heterocycles. The maximum absolute atomic E-state index is 12.3. The number of aromatic nitrogens is 1. The molecule has 146 valence electrons. The number of nitro groups is 1. The maximum atomic E-state index is 12.3. The van der Waals surface area contributed by atoms with E-state index in [4.69, 9.17) is 4.74 Å². The summed E-state index contributed by atoms with van der Waals surface area (Å²) in [7, 11) is 0. The van der Waals surface area contributed by atoms with Gasteiger partial charge in [-0.1, -0.05) is 0 Å². The molecule has 9 nitrogen and oxygen atoms in total. The predicted molar refractivity (Wildman–Crippen MR) is 101 cm³/mol. The van der Waals surface area contributed by atoms with Crippen molar-refractivity contribution in [3.63, 3.8) is 0 Å². The number of halogens is 1. The van der Waals surface area contributed by atoms with E-state index in [0.717, 1.165) is 18.9 Å². The summed E-state index contributed by atoms with van der Waals surface area (Å²) >= 11 is 3.03. The second-order valence-electron chi connectivity index (χ2n) is 6.22. The fourth-order valence-corrected chi connectivity index (χ4v) is 3.24. The van der Waals surface area contributed by atoms with Gasteiger partial charge in [0.1, 0.15) is 5.69 Å². The van der Waals surface area contributed by atoms with Crippen molar-refractivity contribution in [3.8, 4) is 0 Å². The van der Waals surface area contributed by atoms with Gasteiger partial charge in [-0.15, -0.1) is 0 Å². The Morgan fingerprint density at radius 3 is 2.57 bits per heavy atom. The van der Waals surface area contributed by atoms with Crippen molar-refractivity contribution in [2.45, 2.75) is 12.8 Å². The van der Waals surface area contributed by atoms with E-state index in [1.54, 1.807) is 4.90 Å². The van der Waals surface area contributed by atoms with Crippen LogP contribution in [0.4, 0.5) is 5.69 Å². The lowest BCUT2D eigenvalue weighted by atomic mass is 10.2. The number of rotatable bonds is 6. The number of likely N-dealkylation sites (tertiary alicyclic amines) is 1. The van der Waals surface area contributed by atoms with Crippen LogP contribution in [0.2, 0.25) is 0 Å². The van der Waals surface area contributed by atoms with Gasteiger partial charge in [0.15, 0.2) is 6.61 Å². The molecular formula is C18H16BrN3O6. The Kier molecular flexibility index (Phi) is 5.88. The lowest BCUT2D eigenvalue weighted by Gasteiger charge is -2.13. The summed E-state index contributed by atoms with van der Waals surface area (Å²) in [4.78, 5) is 51.4. The number of hydrogen-bond acceptors (Lipinski definition) is 6. The van der Waals surface area contributed by atoms with Crippen molar-refractivity contribution < 1.29 is 24.0 Å². The number of hydrogen-bond donors (Lipinski definition) is 1. The zero-order valence-corrected chi connectivity index (χ0v) is 16.2. The molecule has 1 aromatic heterocycles. The number of Topliss-reactive ketones (excluding diaryl/α,β-unsaturated/α-hetero) is 1. The number of nitro benzene ring substituents is 1. The largest absolute Gasteiger partial charge is 0.454 e. The van der Waals surface area contributed by atoms with Crippen LogP contribution in [0.25, 0.3) is 0 Å². The lowest BCUT2D eigenvalue weighted by Crippen LogP contribution is -2.27. The second-order valence-corrected chi connectivity index (χ2v) is 7.08. The Bertz CT molecular complexity index is 949. The predicted octanol–water partition coefficient (Wildman–Crippen LogP) is 2.96. The van der Waals surface area contributed by atoms with Crippen molar-refractivity contribution in [2.75, 3.05) is 19.7 Å². The van der Waals surface area contributed by atoms with Crippen molar-refractivity contribution in [2.24, 2.45) is 0 Å². The molecule has 0 radical (unpaired) electrons. The van der Waals surface area contributed by atoms with Gasteiger partial charge in [0.2, 0.25) is 5.78 Å². The van der Waals surface area contributed by atoms with Crippen molar-refractivity contribution in [3.05, 3.63) is 61.9 Å². The number of benzene rings is 1. The van der Waals surface area contributed by atoms with Gasteiger partial charge in [0, 0.05) is 30.9 Å². The molecule has 0 atom stereocenters. The smallest absolute Gasteiger partial charge is 0.338 e. The number of nitrogens with one attached hydrogen (secondary N) is 1. The minimum atomic E-state index is -0.854. The van der Waals surface area contributed by atoms with E-state index in [9.17, 15) is 24.5 Å². The zero-order chi connectivity index (χ0) is 20.3. The molecule has 1 aromatic carbocycles. The monoisotopic (exact) mass is 449 g/mol. The topological polar surface area (TPSA) is 123 Å². The molecule has 0 bridgehead atoms. The first-order valence-electron chi connectivity index (χ1n) is 8.49. The third kappa shape index (κ3) is 4.28. The molecule has 1 aliphatic heterocycles. The number of aromatic amines is 1. The van der Waals surface area contributed by atoms with Crippen LogP contribution in [-0.4, -0.2) is 52.2 Å². The molecule has 1 aliphatic rings. The van der Waals surface area contributed by atoms with Crippen LogP contribution in [0, 0.1) is 10.1 Å². The summed E-state index contributed by atoms with van der Waals surface area (Å²) in [6.07, 6.45) is 3.31. The molecule has 28 heavy (non-hydrogen) atoms. The number of nitrogens with zero attached hydrogens (tertiary/aromatic N) is 2. The van der Waals surface area contributed by atoms with E-state index in [1.165, 1.54) is 24.4 Å². The van der Waals surface area contributed by atoms with Gasteiger partial charge < -0.3 is 14.6 Å². The molecule has 1 fully saturated rings. The highest BCUT2D eigenvalue weighted by Crippen LogP contribution is 2.26. The second kappa shape index (κ2) is 8.34. The van der Waals surface area contributed by atoms with Gasteiger partial charge in [-0.25, -0.2) is 4.79 Å². The minimum Gasteiger partial charge on any atom is -0.454 e. The summed E-state index contributed by atoms with van der Waals surface area (Å²) in [6, 6.07) is 5.22. The first kappa shape index (κ1) is 19.7. The van der Waals surface area contributed by atoms with E-state index in [0.29, 0.717) is 18.8 Å². The first-order chi connectivity index (χ1) is 13.4. The number of carbonyl (C=O) groups is 3. The number of ketones is 1. The molecule has 1 N–H and O–H groups in total. The molecule has 2 heterocycles. The summed E-state index contributed by atoms with van der Waals surface area (Å²) in [6.45, 7) is 0.841. The first-order valence-corrected chi connectivity index (χ1v) is 9.28. The summed E-state index contributed by atoms with van der Waals surface area (Å²) in [5.41, 5.74) is 0.204. The van der Waals surface area contributed by atoms with Gasteiger partial charge in [-0.2, -0.15) is 0 Å². The number of carbonyl (C=O) groups excluding carboxylic acids is 3. The summed E-state index contributed by atoms with van der Waals surface area (Å²) in [5.74, 6) is -1.51. The van der Waals surface area contributed by atoms with Crippen molar-refractivity contribution >= 4 is 39.3 Å². The van der Waals surface area contributed by atoms with Crippen molar-refractivity contribution in [1.82, 2.24) is 9.88 Å². The zero-order valence-electron chi connectivity index (χ0n) is 14.6. The Hall–Kier alpha value is -3.01. The third-order valence-corrected chi connectivity index (χ3v) is 5.01. The molecule has 0 aliphatic carbocycles. The minimum absolute atomic E-state index is 0.0401. The van der Waals surface area contributed by atoms with Gasteiger partial charge in [-0.05, 0) is 47.0 Å². The third-order valence-electron chi connectivity index (χ3n) is 4.34. The average Bonchev–Trinajstić information content (AvgIpc) is 3.37. The van der Waals surface area contributed by atoms with Crippen LogP contribution in [0.15, 0.2) is 34.9 Å². The van der Waals surface area contributed by atoms with E-state index in [1.807, 2.05) is 0 Å². The molecular weight excluding hydrogens is 434 g/mol. The quantitative estimate of drug-likeness (QED) is 0.313. The molecule has 0 unspecified atom stereocenters. The van der Waals surface area contributed by atoms with E-state index in [2.05, 4.69) is 20.9 Å². The fourth-order valence-electron chi connectivity index (χ4n) is 2.85. The highest BCUT2D eigenvalue weighted by molar-refractivity contribution is 9.10. The lowest BCUT2D eigenvalue weighted by molar-refractivity contribution is -0.385. The molecule has 10 heteroatoms. The van der Waals surface area contributed by atoms with Crippen molar-refractivity contribution in [1.29, 1.82) is 0 Å². The van der Waals surface area contributed by atoms with Crippen LogP contribution in [-0.2, 0) is 4.74 Å². The van der Waals surface area contributed by atoms with Gasteiger partial charge in [0.25, 0.3) is 11.6 Å². The molecule has 1 amide bonds. The molecule has 0 spiro atoms.